The summed E-state index contributed by atoms with van der Waals surface area (Å²) in [5, 5.41) is 11.5. The molecular formula is C15H14FNO3. The molecule has 5 heteroatoms. The van der Waals surface area contributed by atoms with E-state index in [1.54, 1.807) is 24.3 Å². The largest absolute Gasteiger partial charge is 0.490 e. The van der Waals surface area contributed by atoms with Crippen LogP contribution < -0.4 is 9.47 Å². The lowest BCUT2D eigenvalue weighted by molar-refractivity contribution is 0.217. The molecule has 0 saturated carbocycles. The van der Waals surface area contributed by atoms with Crippen molar-refractivity contribution >= 4 is 6.21 Å². The van der Waals surface area contributed by atoms with Gasteiger partial charge in [0.15, 0.2) is 0 Å². The Hall–Kier alpha value is -2.56. The smallest absolute Gasteiger partial charge is 0.128 e. The zero-order valence-electron chi connectivity index (χ0n) is 10.7. The monoisotopic (exact) mass is 275 g/mol. The van der Waals surface area contributed by atoms with E-state index in [0.717, 1.165) is 0 Å². The summed E-state index contributed by atoms with van der Waals surface area (Å²) in [6.07, 6.45) is 1.30. The maximum absolute atomic E-state index is 12.7. The Kier molecular flexibility index (Phi) is 4.94. The highest BCUT2D eigenvalue weighted by atomic mass is 19.1. The molecule has 0 spiro atoms. The third kappa shape index (κ3) is 3.98. The Morgan fingerprint density at radius 3 is 2.45 bits per heavy atom. The summed E-state index contributed by atoms with van der Waals surface area (Å²) < 4.78 is 23.6. The summed E-state index contributed by atoms with van der Waals surface area (Å²) >= 11 is 0. The van der Waals surface area contributed by atoms with Gasteiger partial charge in [-0.2, -0.15) is 0 Å². The van der Waals surface area contributed by atoms with Gasteiger partial charge in [0, 0.05) is 5.56 Å². The van der Waals surface area contributed by atoms with Gasteiger partial charge in [0.1, 0.15) is 30.5 Å². The topological polar surface area (TPSA) is 51.1 Å². The first kappa shape index (κ1) is 13.9. The fourth-order valence-corrected chi connectivity index (χ4v) is 1.62. The number of oxime groups is 1. The van der Waals surface area contributed by atoms with Crippen LogP contribution in [-0.4, -0.2) is 24.6 Å². The van der Waals surface area contributed by atoms with Gasteiger partial charge in [-0.25, -0.2) is 4.39 Å². The van der Waals surface area contributed by atoms with Crippen molar-refractivity contribution in [1.29, 1.82) is 0 Å². The number of hydrogen-bond acceptors (Lipinski definition) is 4. The molecule has 0 radical (unpaired) electrons. The minimum atomic E-state index is -0.300. The molecule has 0 amide bonds. The third-order valence-electron chi connectivity index (χ3n) is 2.54. The molecule has 1 N–H and O–H groups in total. The van der Waals surface area contributed by atoms with Crippen LogP contribution in [0.15, 0.2) is 53.7 Å². The number of para-hydroxylation sites is 1. The van der Waals surface area contributed by atoms with Gasteiger partial charge in [0.2, 0.25) is 0 Å². The average molecular weight is 275 g/mol. The molecule has 0 unspecified atom stereocenters. The molecule has 0 bridgehead atoms. The Morgan fingerprint density at radius 1 is 1.00 bits per heavy atom. The number of halogens is 1. The zero-order chi connectivity index (χ0) is 14.2. The Balaban J connectivity index is 1.83. The second kappa shape index (κ2) is 7.13. The van der Waals surface area contributed by atoms with Gasteiger partial charge in [-0.05, 0) is 36.4 Å². The summed E-state index contributed by atoms with van der Waals surface area (Å²) in [5.74, 6) is 0.888. The van der Waals surface area contributed by atoms with Gasteiger partial charge in [-0.15, -0.1) is 0 Å². The van der Waals surface area contributed by atoms with E-state index in [-0.39, 0.29) is 5.82 Å². The highest BCUT2D eigenvalue weighted by molar-refractivity contribution is 5.82. The second-order valence-electron chi connectivity index (χ2n) is 3.93. The minimum Gasteiger partial charge on any atom is -0.490 e. The van der Waals surface area contributed by atoms with Crippen LogP contribution in [-0.2, 0) is 0 Å². The van der Waals surface area contributed by atoms with Crippen LogP contribution in [0.4, 0.5) is 4.39 Å². The maximum Gasteiger partial charge on any atom is 0.128 e. The Morgan fingerprint density at radius 2 is 1.70 bits per heavy atom. The molecule has 4 nitrogen and oxygen atoms in total. The maximum atomic E-state index is 12.7. The van der Waals surface area contributed by atoms with Crippen molar-refractivity contribution in [1.82, 2.24) is 0 Å². The van der Waals surface area contributed by atoms with Gasteiger partial charge < -0.3 is 14.7 Å². The standard InChI is InChI=1S/C15H14FNO3/c16-13-5-7-14(8-6-13)19-9-10-20-15-4-2-1-3-12(15)11-17-18/h1-8,11,18H,9-10H2/b17-11+. The predicted molar refractivity (Wildman–Crippen MR) is 73.2 cm³/mol. The molecule has 20 heavy (non-hydrogen) atoms. The van der Waals surface area contributed by atoms with Crippen LogP contribution >= 0.6 is 0 Å². The first-order chi connectivity index (χ1) is 9.79. The van der Waals surface area contributed by atoms with Crippen LogP contribution in [0.5, 0.6) is 11.5 Å². The fourth-order valence-electron chi connectivity index (χ4n) is 1.62. The summed E-state index contributed by atoms with van der Waals surface area (Å²) in [7, 11) is 0. The van der Waals surface area contributed by atoms with Crippen molar-refractivity contribution in [2.75, 3.05) is 13.2 Å². The minimum absolute atomic E-state index is 0.300. The molecule has 0 aliphatic rings. The van der Waals surface area contributed by atoms with Crippen molar-refractivity contribution in [3.63, 3.8) is 0 Å². The van der Waals surface area contributed by atoms with Crippen molar-refractivity contribution in [2.24, 2.45) is 5.16 Å². The number of ether oxygens (including phenoxy) is 2. The Bertz CT molecular complexity index is 570. The lowest BCUT2D eigenvalue weighted by Crippen LogP contribution is -2.09. The quantitative estimate of drug-likeness (QED) is 0.381. The number of nitrogens with zero attached hydrogens (tertiary/aromatic N) is 1. The van der Waals surface area contributed by atoms with Crippen LogP contribution in [0.3, 0.4) is 0 Å². The molecule has 2 aromatic carbocycles. The van der Waals surface area contributed by atoms with E-state index in [1.807, 2.05) is 12.1 Å². The van der Waals surface area contributed by atoms with Gasteiger partial charge in [-0.3, -0.25) is 0 Å². The van der Waals surface area contributed by atoms with Gasteiger partial charge >= 0.3 is 0 Å². The van der Waals surface area contributed by atoms with E-state index in [0.29, 0.717) is 30.3 Å². The molecule has 0 aliphatic carbocycles. The molecular weight excluding hydrogens is 261 g/mol. The molecule has 104 valence electrons. The SMILES string of the molecule is O/N=C/c1ccccc1OCCOc1ccc(F)cc1. The second-order valence-corrected chi connectivity index (χ2v) is 3.93. The van der Waals surface area contributed by atoms with Crippen LogP contribution in [0.2, 0.25) is 0 Å². The molecule has 0 saturated heterocycles. The molecule has 0 fully saturated rings. The summed E-state index contributed by atoms with van der Waals surface area (Å²) in [6.45, 7) is 0.657. The summed E-state index contributed by atoms with van der Waals surface area (Å²) in [6, 6.07) is 13.0. The van der Waals surface area contributed by atoms with E-state index < -0.39 is 0 Å². The lowest BCUT2D eigenvalue weighted by Gasteiger charge is -2.10. The van der Waals surface area contributed by atoms with Crippen LogP contribution in [0, 0.1) is 5.82 Å². The van der Waals surface area contributed by atoms with Gasteiger partial charge in [-0.1, -0.05) is 17.3 Å². The van der Waals surface area contributed by atoms with E-state index in [1.165, 1.54) is 18.3 Å². The normalized spacial score (nSPS) is 10.7. The molecule has 0 heterocycles. The Labute approximate surface area is 116 Å². The van der Waals surface area contributed by atoms with E-state index in [2.05, 4.69) is 5.16 Å². The third-order valence-corrected chi connectivity index (χ3v) is 2.54. The van der Waals surface area contributed by atoms with E-state index >= 15 is 0 Å². The lowest BCUT2D eigenvalue weighted by atomic mass is 10.2. The van der Waals surface area contributed by atoms with Crippen molar-refractivity contribution < 1.29 is 19.1 Å². The number of hydrogen-bond donors (Lipinski definition) is 1. The molecule has 0 aromatic heterocycles. The number of rotatable bonds is 6. The van der Waals surface area contributed by atoms with Gasteiger partial charge in [0.25, 0.3) is 0 Å². The number of benzene rings is 2. The molecule has 2 aromatic rings. The zero-order valence-corrected chi connectivity index (χ0v) is 10.7. The van der Waals surface area contributed by atoms with E-state index in [4.69, 9.17) is 14.7 Å². The molecule has 2 rings (SSSR count). The highest BCUT2D eigenvalue weighted by Gasteiger charge is 2.01. The van der Waals surface area contributed by atoms with Crippen LogP contribution in [0.25, 0.3) is 0 Å². The highest BCUT2D eigenvalue weighted by Crippen LogP contribution is 2.16. The van der Waals surface area contributed by atoms with E-state index in [9.17, 15) is 4.39 Å². The van der Waals surface area contributed by atoms with Crippen LogP contribution in [0.1, 0.15) is 5.56 Å². The molecule has 0 atom stereocenters. The van der Waals surface area contributed by atoms with Crippen molar-refractivity contribution in [2.45, 2.75) is 0 Å². The van der Waals surface area contributed by atoms with Crippen molar-refractivity contribution in [3.8, 4) is 11.5 Å². The first-order valence-corrected chi connectivity index (χ1v) is 6.07. The predicted octanol–water partition coefficient (Wildman–Crippen LogP) is 3.09. The van der Waals surface area contributed by atoms with Crippen molar-refractivity contribution in [3.05, 3.63) is 59.9 Å². The first-order valence-electron chi connectivity index (χ1n) is 6.07. The fraction of sp³-hybridized carbons (Fsp3) is 0.133. The molecule has 0 aliphatic heterocycles. The van der Waals surface area contributed by atoms with Gasteiger partial charge in [0.05, 0.1) is 6.21 Å². The summed E-state index contributed by atoms with van der Waals surface area (Å²) in [4.78, 5) is 0. The average Bonchev–Trinajstić information content (AvgIpc) is 2.47. The summed E-state index contributed by atoms with van der Waals surface area (Å²) in [5.41, 5.74) is 0.678.